The van der Waals surface area contributed by atoms with Crippen LogP contribution in [-0.2, 0) is 6.54 Å². The predicted molar refractivity (Wildman–Crippen MR) is 73.2 cm³/mol. The van der Waals surface area contributed by atoms with E-state index in [2.05, 4.69) is 10.1 Å². The number of aromatic nitrogens is 3. The number of thiazole rings is 1. The second-order valence-electron chi connectivity index (χ2n) is 4.34. The molecular formula is C13H8F3N3OS. The van der Waals surface area contributed by atoms with Gasteiger partial charge in [-0.2, -0.15) is 18.3 Å². The minimum Gasteiger partial charge on any atom is -0.267 e. The number of alkyl halides is 3. The van der Waals surface area contributed by atoms with Gasteiger partial charge in [-0.15, -0.1) is 11.3 Å². The summed E-state index contributed by atoms with van der Waals surface area (Å²) in [5.41, 5.74) is 1.14. The van der Waals surface area contributed by atoms with Gasteiger partial charge in [-0.25, -0.2) is 4.68 Å². The van der Waals surface area contributed by atoms with Crippen molar-refractivity contribution in [1.29, 1.82) is 0 Å². The van der Waals surface area contributed by atoms with E-state index in [4.69, 9.17) is 0 Å². The Kier molecular flexibility index (Phi) is 3.25. The van der Waals surface area contributed by atoms with Gasteiger partial charge in [-0.05, 0) is 6.07 Å². The van der Waals surface area contributed by atoms with Crippen molar-refractivity contribution in [3.8, 4) is 10.6 Å². The fourth-order valence-corrected chi connectivity index (χ4v) is 2.65. The summed E-state index contributed by atoms with van der Waals surface area (Å²) in [6.45, 7) is -1.41. The maximum atomic E-state index is 12.6. The van der Waals surface area contributed by atoms with Gasteiger partial charge in [0.25, 0.3) is 5.56 Å². The molecule has 0 fully saturated rings. The van der Waals surface area contributed by atoms with Crippen molar-refractivity contribution in [2.45, 2.75) is 12.7 Å². The SMILES string of the molecule is O=c1c2ccccc2c(-c2cncs2)nn1CC(F)(F)F. The zero-order chi connectivity index (χ0) is 15.0. The molecule has 108 valence electrons. The van der Waals surface area contributed by atoms with E-state index in [0.717, 1.165) is 0 Å². The van der Waals surface area contributed by atoms with Crippen molar-refractivity contribution in [2.24, 2.45) is 0 Å². The number of benzene rings is 1. The molecular weight excluding hydrogens is 303 g/mol. The van der Waals surface area contributed by atoms with Gasteiger partial charge >= 0.3 is 6.18 Å². The van der Waals surface area contributed by atoms with E-state index in [1.807, 2.05) is 0 Å². The zero-order valence-corrected chi connectivity index (χ0v) is 11.3. The van der Waals surface area contributed by atoms with Gasteiger partial charge in [0.1, 0.15) is 12.2 Å². The molecule has 0 spiro atoms. The Balaban J connectivity index is 2.31. The van der Waals surface area contributed by atoms with E-state index in [0.29, 0.717) is 20.6 Å². The number of fused-ring (bicyclic) bond motifs is 1. The highest BCUT2D eigenvalue weighted by atomic mass is 32.1. The number of nitrogens with zero attached hydrogens (tertiary/aromatic N) is 3. The molecule has 0 N–H and O–H groups in total. The highest BCUT2D eigenvalue weighted by molar-refractivity contribution is 7.13. The molecule has 0 amide bonds. The molecule has 0 atom stereocenters. The molecule has 2 aromatic heterocycles. The highest BCUT2D eigenvalue weighted by Gasteiger charge is 2.30. The van der Waals surface area contributed by atoms with Crippen LogP contribution >= 0.6 is 11.3 Å². The lowest BCUT2D eigenvalue weighted by Gasteiger charge is -2.11. The van der Waals surface area contributed by atoms with Gasteiger partial charge < -0.3 is 0 Å². The van der Waals surface area contributed by atoms with Crippen LogP contribution in [0.5, 0.6) is 0 Å². The molecule has 0 radical (unpaired) electrons. The molecule has 1 aromatic carbocycles. The maximum Gasteiger partial charge on any atom is 0.408 e. The monoisotopic (exact) mass is 311 g/mol. The summed E-state index contributed by atoms with van der Waals surface area (Å²) in [6.07, 6.45) is -2.99. The van der Waals surface area contributed by atoms with E-state index >= 15 is 0 Å². The fraction of sp³-hybridized carbons (Fsp3) is 0.154. The van der Waals surface area contributed by atoms with Gasteiger partial charge in [0, 0.05) is 11.6 Å². The Morgan fingerprint density at radius 2 is 1.90 bits per heavy atom. The first-order valence-electron chi connectivity index (χ1n) is 5.91. The lowest BCUT2D eigenvalue weighted by atomic mass is 10.1. The standard InChI is InChI=1S/C13H8F3N3OS/c14-13(15,16)6-19-12(20)9-4-2-1-3-8(9)11(18-19)10-5-17-7-21-10/h1-5,7H,6H2. The number of halogens is 3. The minimum absolute atomic E-state index is 0.208. The number of rotatable bonds is 2. The summed E-state index contributed by atoms with van der Waals surface area (Å²) in [6, 6.07) is 6.48. The molecule has 0 bridgehead atoms. The van der Waals surface area contributed by atoms with Gasteiger partial charge in [0.15, 0.2) is 0 Å². The van der Waals surface area contributed by atoms with E-state index in [9.17, 15) is 18.0 Å². The fourth-order valence-electron chi connectivity index (χ4n) is 2.03. The summed E-state index contributed by atoms with van der Waals surface area (Å²) in [5.74, 6) is 0. The summed E-state index contributed by atoms with van der Waals surface area (Å²) >= 11 is 1.25. The van der Waals surface area contributed by atoms with Crippen molar-refractivity contribution in [1.82, 2.24) is 14.8 Å². The summed E-state index contributed by atoms with van der Waals surface area (Å²) in [4.78, 5) is 16.6. The van der Waals surface area contributed by atoms with Crippen LogP contribution in [0.2, 0.25) is 0 Å². The highest BCUT2D eigenvalue weighted by Crippen LogP contribution is 2.27. The third-order valence-electron chi connectivity index (χ3n) is 2.86. The second kappa shape index (κ2) is 4.96. The van der Waals surface area contributed by atoms with Crippen molar-refractivity contribution < 1.29 is 13.2 Å². The van der Waals surface area contributed by atoms with E-state index in [1.54, 1.807) is 23.7 Å². The molecule has 0 aliphatic heterocycles. The lowest BCUT2D eigenvalue weighted by molar-refractivity contribution is -0.143. The Labute approximate surface area is 120 Å². The average Bonchev–Trinajstić information content (AvgIpc) is 2.94. The van der Waals surface area contributed by atoms with Crippen molar-refractivity contribution in [3.63, 3.8) is 0 Å². The molecule has 21 heavy (non-hydrogen) atoms. The molecule has 3 aromatic rings. The average molecular weight is 311 g/mol. The summed E-state index contributed by atoms with van der Waals surface area (Å²) in [5, 5.41) is 4.61. The van der Waals surface area contributed by atoms with Gasteiger partial charge in [0.2, 0.25) is 0 Å². The normalized spacial score (nSPS) is 12.0. The third kappa shape index (κ3) is 2.66. The van der Waals surface area contributed by atoms with Crippen LogP contribution in [0.1, 0.15) is 0 Å². The predicted octanol–water partition coefficient (Wildman–Crippen LogP) is 3.08. The van der Waals surface area contributed by atoms with Crippen LogP contribution in [0.3, 0.4) is 0 Å². The number of hydrogen-bond acceptors (Lipinski definition) is 4. The van der Waals surface area contributed by atoms with E-state index in [1.165, 1.54) is 23.6 Å². The lowest BCUT2D eigenvalue weighted by Crippen LogP contribution is -2.30. The molecule has 0 saturated heterocycles. The third-order valence-corrected chi connectivity index (χ3v) is 3.64. The smallest absolute Gasteiger partial charge is 0.267 e. The van der Waals surface area contributed by atoms with E-state index < -0.39 is 18.3 Å². The summed E-state index contributed by atoms with van der Waals surface area (Å²) in [7, 11) is 0. The molecule has 0 aliphatic rings. The van der Waals surface area contributed by atoms with Crippen molar-refractivity contribution >= 4 is 22.1 Å². The quantitative estimate of drug-likeness (QED) is 0.731. The zero-order valence-electron chi connectivity index (χ0n) is 10.5. The molecule has 2 heterocycles. The Morgan fingerprint density at radius 3 is 2.52 bits per heavy atom. The molecule has 4 nitrogen and oxygen atoms in total. The van der Waals surface area contributed by atoms with Gasteiger partial charge in [0.05, 0.1) is 15.8 Å². The largest absolute Gasteiger partial charge is 0.408 e. The minimum atomic E-state index is -4.51. The Hall–Kier alpha value is -2.22. The number of hydrogen-bond donors (Lipinski definition) is 0. The van der Waals surface area contributed by atoms with Crippen molar-refractivity contribution in [3.05, 3.63) is 46.3 Å². The van der Waals surface area contributed by atoms with Crippen LogP contribution in [0.25, 0.3) is 21.3 Å². The summed E-state index contributed by atoms with van der Waals surface area (Å²) < 4.78 is 38.2. The first-order valence-corrected chi connectivity index (χ1v) is 6.79. The Bertz CT molecular complexity index is 840. The Morgan fingerprint density at radius 1 is 1.19 bits per heavy atom. The maximum absolute atomic E-state index is 12.6. The van der Waals surface area contributed by atoms with Crippen molar-refractivity contribution in [2.75, 3.05) is 0 Å². The van der Waals surface area contributed by atoms with Crippen LogP contribution in [-0.4, -0.2) is 20.9 Å². The first-order chi connectivity index (χ1) is 9.96. The molecule has 0 saturated carbocycles. The topological polar surface area (TPSA) is 47.8 Å². The van der Waals surface area contributed by atoms with Gasteiger partial charge in [-0.1, -0.05) is 18.2 Å². The van der Waals surface area contributed by atoms with Crippen LogP contribution in [0.15, 0.2) is 40.8 Å². The molecule has 0 unspecified atom stereocenters. The first kappa shape index (κ1) is 13.7. The second-order valence-corrected chi connectivity index (χ2v) is 5.22. The van der Waals surface area contributed by atoms with E-state index in [-0.39, 0.29) is 5.39 Å². The molecule has 0 aliphatic carbocycles. The van der Waals surface area contributed by atoms with Crippen LogP contribution in [0, 0.1) is 0 Å². The van der Waals surface area contributed by atoms with Crippen LogP contribution in [0.4, 0.5) is 13.2 Å². The van der Waals surface area contributed by atoms with Crippen LogP contribution < -0.4 is 5.56 Å². The molecule has 3 rings (SSSR count). The molecule has 8 heteroatoms. The van der Waals surface area contributed by atoms with Gasteiger partial charge in [-0.3, -0.25) is 9.78 Å².